The van der Waals surface area contributed by atoms with Crippen molar-refractivity contribution < 1.29 is 38.9 Å². The van der Waals surface area contributed by atoms with Crippen LogP contribution in [-0.4, -0.2) is 83.5 Å². The average Bonchev–Trinajstić information content (AvgIpc) is 3.29. The fourth-order valence-electron chi connectivity index (χ4n) is 5.39. The molecule has 38 heavy (non-hydrogen) atoms. The molecule has 2 N–H and O–H groups in total. The maximum Gasteiger partial charge on any atom is 0.328 e. The van der Waals surface area contributed by atoms with Gasteiger partial charge in [0, 0.05) is 6.04 Å². The second-order valence-electron chi connectivity index (χ2n) is 9.75. The number of aryl methyl sites for hydroxylation is 1. The molecule has 1 aliphatic heterocycles. The molecule has 1 aliphatic carbocycles. The van der Waals surface area contributed by atoms with E-state index >= 15 is 0 Å². The van der Waals surface area contributed by atoms with E-state index in [1.165, 1.54) is 0 Å². The van der Waals surface area contributed by atoms with Gasteiger partial charge in [-0.05, 0) is 50.5 Å². The summed E-state index contributed by atoms with van der Waals surface area (Å²) in [6.07, 6.45) is 5.10. The monoisotopic (exact) mass is 535 g/mol. The van der Waals surface area contributed by atoms with Crippen molar-refractivity contribution in [3.63, 3.8) is 0 Å². The number of rotatable bonds is 15. The summed E-state index contributed by atoms with van der Waals surface area (Å²) < 4.78 is 10.6. The molecule has 12 heteroatoms. The van der Waals surface area contributed by atoms with Crippen LogP contribution in [0.5, 0.6) is 0 Å². The van der Waals surface area contributed by atoms with Crippen molar-refractivity contribution in [2.45, 2.75) is 76.0 Å². The van der Waals surface area contributed by atoms with Gasteiger partial charge in [-0.3, -0.25) is 14.9 Å². The molecule has 1 aromatic carbocycles. The molecular formula is C26H37N3O9. The third-order valence-electron chi connectivity index (χ3n) is 7.20. The number of aliphatic carboxylic acids is 1. The second-order valence-corrected chi connectivity index (χ2v) is 9.75. The highest BCUT2D eigenvalue weighted by Crippen LogP contribution is 2.40. The molecule has 3 rings (SSSR count). The Bertz CT molecular complexity index is 945. The molecule has 1 heterocycles. The Balaban J connectivity index is 1.58. The van der Waals surface area contributed by atoms with Gasteiger partial charge < -0.3 is 24.3 Å². The number of amides is 1. The number of hydrogen-bond donors (Lipinski definition) is 2. The van der Waals surface area contributed by atoms with Crippen molar-refractivity contribution in [1.82, 2.24) is 10.2 Å². The number of nitrogens with one attached hydrogen (secondary N) is 1. The Hall–Kier alpha value is -3.25. The molecule has 1 saturated heterocycles. The third-order valence-corrected chi connectivity index (χ3v) is 7.20. The zero-order valence-electron chi connectivity index (χ0n) is 21.7. The lowest BCUT2D eigenvalue weighted by Gasteiger charge is -2.35. The Morgan fingerprint density at radius 3 is 2.55 bits per heavy atom. The van der Waals surface area contributed by atoms with Crippen LogP contribution in [0.25, 0.3) is 0 Å². The molecule has 5 unspecified atom stereocenters. The highest BCUT2D eigenvalue weighted by molar-refractivity contribution is 5.89. The van der Waals surface area contributed by atoms with Gasteiger partial charge in [-0.25, -0.2) is 4.79 Å². The molecule has 1 amide bonds. The number of benzene rings is 1. The number of carboxylic acids is 1. The van der Waals surface area contributed by atoms with Crippen molar-refractivity contribution >= 4 is 17.8 Å². The van der Waals surface area contributed by atoms with E-state index in [1.807, 2.05) is 30.3 Å². The zero-order valence-corrected chi connectivity index (χ0v) is 21.7. The average molecular weight is 536 g/mol. The molecule has 2 aliphatic rings. The molecule has 1 aromatic rings. The Labute approximate surface area is 221 Å². The number of ether oxygens (including phenoxy) is 2. The van der Waals surface area contributed by atoms with E-state index in [9.17, 15) is 29.6 Å². The van der Waals surface area contributed by atoms with Gasteiger partial charge in [-0.1, -0.05) is 43.2 Å². The zero-order chi connectivity index (χ0) is 27.5. The van der Waals surface area contributed by atoms with Gasteiger partial charge in [-0.15, -0.1) is 10.1 Å². The number of fused-ring (bicyclic) bond motifs is 1. The fourth-order valence-corrected chi connectivity index (χ4v) is 5.39. The van der Waals surface area contributed by atoms with Crippen molar-refractivity contribution in [3.05, 3.63) is 46.0 Å². The molecule has 210 valence electrons. The first-order valence-electron chi connectivity index (χ1n) is 13.1. The fraction of sp³-hybridized carbons (Fsp3) is 0.654. The van der Waals surface area contributed by atoms with E-state index < -0.39 is 35.2 Å². The van der Waals surface area contributed by atoms with Crippen molar-refractivity contribution in [3.8, 4) is 0 Å². The van der Waals surface area contributed by atoms with Crippen LogP contribution in [0.15, 0.2) is 30.3 Å². The summed E-state index contributed by atoms with van der Waals surface area (Å²) in [7, 11) is 0. The predicted molar refractivity (Wildman–Crippen MR) is 135 cm³/mol. The lowest BCUT2D eigenvalue weighted by molar-refractivity contribution is -0.758. The van der Waals surface area contributed by atoms with Gasteiger partial charge in [0.15, 0.2) is 0 Å². The summed E-state index contributed by atoms with van der Waals surface area (Å²) in [5.74, 6) is -1.66. The predicted octanol–water partition coefficient (Wildman–Crippen LogP) is 1.98. The Morgan fingerprint density at radius 1 is 1.13 bits per heavy atom. The summed E-state index contributed by atoms with van der Waals surface area (Å²) in [4.78, 5) is 54.5. The molecule has 0 aromatic heterocycles. The number of nitrogens with zero attached hydrogens (tertiary/aromatic N) is 2. The van der Waals surface area contributed by atoms with E-state index in [0.717, 1.165) is 31.2 Å². The smallest absolute Gasteiger partial charge is 0.328 e. The van der Waals surface area contributed by atoms with Gasteiger partial charge in [-0.2, -0.15) is 0 Å². The van der Waals surface area contributed by atoms with E-state index in [0.29, 0.717) is 19.3 Å². The minimum atomic E-state index is -1.03. The van der Waals surface area contributed by atoms with Crippen LogP contribution in [0, 0.1) is 16.0 Å². The van der Waals surface area contributed by atoms with Gasteiger partial charge in [0.2, 0.25) is 5.91 Å². The topological polar surface area (TPSA) is 158 Å². The van der Waals surface area contributed by atoms with Gasteiger partial charge in [0.1, 0.15) is 25.3 Å². The first-order valence-corrected chi connectivity index (χ1v) is 13.1. The normalized spacial score (nSPS) is 22.2. The molecule has 2 fully saturated rings. The van der Waals surface area contributed by atoms with Crippen LogP contribution in [0.4, 0.5) is 0 Å². The number of esters is 1. The lowest BCUT2D eigenvalue weighted by atomic mass is 9.84. The number of carboxylic acid groups (broad SMARTS) is 1. The summed E-state index contributed by atoms with van der Waals surface area (Å²) in [5.41, 5.74) is 1.02. The molecular weight excluding hydrogens is 498 g/mol. The number of likely N-dealkylation sites (tertiary alicyclic amines) is 1. The Morgan fingerprint density at radius 2 is 1.84 bits per heavy atom. The first-order chi connectivity index (χ1) is 18.3. The van der Waals surface area contributed by atoms with E-state index in [4.69, 9.17) is 9.47 Å². The number of carbonyl (C=O) groups excluding carboxylic acids is 2. The number of carbonyl (C=O) groups is 3. The minimum Gasteiger partial charge on any atom is -0.480 e. The van der Waals surface area contributed by atoms with E-state index in [2.05, 4.69) is 10.2 Å². The van der Waals surface area contributed by atoms with Crippen molar-refractivity contribution in [2.24, 2.45) is 5.92 Å². The second kappa shape index (κ2) is 14.6. The van der Waals surface area contributed by atoms with Crippen LogP contribution in [0.3, 0.4) is 0 Å². The molecule has 12 nitrogen and oxygen atoms in total. The lowest BCUT2D eigenvalue weighted by Crippen LogP contribution is -2.55. The third kappa shape index (κ3) is 8.38. The highest BCUT2D eigenvalue weighted by atomic mass is 17.0. The van der Waals surface area contributed by atoms with Crippen LogP contribution >= 0.6 is 0 Å². The maximum atomic E-state index is 13.6. The Kier molecular flexibility index (Phi) is 11.3. The van der Waals surface area contributed by atoms with E-state index in [1.54, 1.807) is 11.8 Å². The highest BCUT2D eigenvalue weighted by Gasteiger charge is 2.49. The number of hydrogen-bond acceptors (Lipinski definition) is 9. The maximum absolute atomic E-state index is 13.6. The van der Waals surface area contributed by atoms with Gasteiger partial charge >= 0.3 is 11.9 Å². The van der Waals surface area contributed by atoms with Crippen LogP contribution in [-0.2, 0) is 35.1 Å². The largest absolute Gasteiger partial charge is 0.480 e. The molecule has 0 radical (unpaired) electrons. The molecule has 1 saturated carbocycles. The van der Waals surface area contributed by atoms with Crippen LogP contribution < -0.4 is 5.32 Å². The summed E-state index contributed by atoms with van der Waals surface area (Å²) >= 11 is 0. The standard InChI is InChI=1S/C26H37N3O9/c1-18(27-21(25(31)32)12-11-19-7-3-2-4-8-19)24(30)28-22-10-6-5-9-20(22)17-23(28)26(33)37-15-13-36-14-16-38-29(34)35/h2-4,7-8,18,20-23,27H,5-6,9-17H2,1H3,(H,31,32). The van der Waals surface area contributed by atoms with Crippen LogP contribution in [0.2, 0.25) is 0 Å². The molecule has 0 bridgehead atoms. The van der Waals surface area contributed by atoms with Gasteiger partial charge in [0.05, 0.1) is 19.3 Å². The summed E-state index contributed by atoms with van der Waals surface area (Å²) in [5, 5.41) is 22.0. The summed E-state index contributed by atoms with van der Waals surface area (Å²) in [6.45, 7) is 1.39. The van der Waals surface area contributed by atoms with E-state index in [-0.39, 0.29) is 44.3 Å². The minimum absolute atomic E-state index is 0.0189. The van der Waals surface area contributed by atoms with Gasteiger partial charge in [0.25, 0.3) is 5.09 Å². The quantitative estimate of drug-likeness (QED) is 0.147. The summed E-state index contributed by atoms with van der Waals surface area (Å²) in [6, 6.07) is 7.02. The first kappa shape index (κ1) is 29.3. The van der Waals surface area contributed by atoms with Crippen molar-refractivity contribution in [2.75, 3.05) is 26.4 Å². The SMILES string of the molecule is CC(NC(CCc1ccccc1)C(=O)O)C(=O)N1C(C(=O)OCCOCCO[N+](=O)[O-])CC2CCCCC21. The van der Waals surface area contributed by atoms with Crippen molar-refractivity contribution in [1.29, 1.82) is 0 Å². The molecule has 0 spiro atoms. The molecule has 5 atom stereocenters. The van der Waals surface area contributed by atoms with Crippen LogP contribution in [0.1, 0.15) is 51.0 Å².